The molecule has 0 fully saturated rings. The van der Waals surface area contributed by atoms with Crippen LogP contribution in [0.3, 0.4) is 0 Å². The van der Waals surface area contributed by atoms with Gasteiger partial charge in [-0.05, 0) is 6.92 Å². The average molecular weight is 184 g/mol. The molecule has 0 unspecified atom stereocenters. The fourth-order valence-electron chi connectivity index (χ4n) is 0.516. The van der Waals surface area contributed by atoms with Crippen molar-refractivity contribution >= 4 is 11.9 Å². The van der Waals surface area contributed by atoms with Crippen molar-refractivity contribution in [3.05, 3.63) is 24.8 Å². The van der Waals surface area contributed by atoms with Crippen LogP contribution in [0.5, 0.6) is 0 Å². The van der Waals surface area contributed by atoms with E-state index in [1.54, 1.807) is 6.92 Å². The molecule has 0 aliphatic rings. The van der Waals surface area contributed by atoms with Crippen LogP contribution >= 0.6 is 0 Å². The molecule has 0 bridgehead atoms. The minimum atomic E-state index is -0.590. The van der Waals surface area contributed by atoms with Crippen molar-refractivity contribution in [1.29, 1.82) is 0 Å². The maximum Gasteiger partial charge on any atom is 0.331 e. The van der Waals surface area contributed by atoms with Gasteiger partial charge in [0.2, 0.25) is 0 Å². The zero-order valence-electron chi connectivity index (χ0n) is 7.49. The van der Waals surface area contributed by atoms with E-state index in [9.17, 15) is 9.59 Å². The average Bonchev–Trinajstić information content (AvgIpc) is 2.12. The Bertz CT molecular complexity index is 218. The number of carbonyl (C=O) groups excluding carboxylic acids is 2. The van der Waals surface area contributed by atoms with Gasteiger partial charge in [-0.3, -0.25) is 0 Å². The molecule has 0 aromatic rings. The zero-order chi connectivity index (χ0) is 10.1. The van der Waals surface area contributed by atoms with E-state index in [4.69, 9.17) is 0 Å². The Labute approximate surface area is 76.8 Å². The van der Waals surface area contributed by atoms with Gasteiger partial charge in [0.1, 0.15) is 6.61 Å². The molecule has 0 aliphatic carbocycles. The minimum Gasteiger partial charge on any atom is -0.463 e. The maximum atomic E-state index is 10.7. The highest BCUT2D eigenvalue weighted by Crippen LogP contribution is 1.85. The number of hydrogen-bond donors (Lipinski definition) is 0. The molecular weight excluding hydrogens is 172 g/mol. The lowest BCUT2D eigenvalue weighted by Crippen LogP contribution is -2.03. The first-order valence-corrected chi connectivity index (χ1v) is 3.83. The van der Waals surface area contributed by atoms with Gasteiger partial charge in [-0.2, -0.15) is 0 Å². The van der Waals surface area contributed by atoms with Crippen LogP contribution in [0.2, 0.25) is 0 Å². The Kier molecular flexibility index (Phi) is 6.23. The molecule has 0 rings (SSSR count). The van der Waals surface area contributed by atoms with Crippen molar-refractivity contribution in [2.45, 2.75) is 6.92 Å². The molecule has 4 heteroatoms. The van der Waals surface area contributed by atoms with Gasteiger partial charge in [0, 0.05) is 12.2 Å². The van der Waals surface area contributed by atoms with E-state index in [-0.39, 0.29) is 13.2 Å². The molecule has 0 aromatic heterocycles. The van der Waals surface area contributed by atoms with Crippen LogP contribution in [0.25, 0.3) is 0 Å². The Morgan fingerprint density at radius 1 is 1.23 bits per heavy atom. The Morgan fingerprint density at radius 2 is 1.77 bits per heavy atom. The summed E-state index contributed by atoms with van der Waals surface area (Å²) in [6.45, 7) is 5.46. The topological polar surface area (TPSA) is 52.6 Å². The minimum absolute atomic E-state index is 0.131. The third kappa shape index (κ3) is 6.80. The second kappa shape index (κ2) is 7.09. The molecule has 0 radical (unpaired) electrons. The maximum absolute atomic E-state index is 10.7. The van der Waals surface area contributed by atoms with Crippen LogP contribution in [0.15, 0.2) is 24.8 Å². The smallest absolute Gasteiger partial charge is 0.331 e. The van der Waals surface area contributed by atoms with E-state index in [1.807, 2.05) is 0 Å². The standard InChI is InChI=1S/C9H12O4/c1-3-7-13-9(11)6-5-8(10)12-4-2/h3,5-6H,1,4,7H2,2H3. The largest absolute Gasteiger partial charge is 0.463 e. The zero-order valence-corrected chi connectivity index (χ0v) is 7.49. The lowest BCUT2D eigenvalue weighted by Gasteiger charge is -1.96. The summed E-state index contributed by atoms with van der Waals surface area (Å²) in [6.07, 6.45) is 3.48. The molecule has 0 saturated heterocycles. The molecule has 4 nitrogen and oxygen atoms in total. The summed E-state index contributed by atoms with van der Waals surface area (Å²) < 4.78 is 9.11. The fraction of sp³-hybridized carbons (Fsp3) is 0.333. The normalized spacial score (nSPS) is 9.62. The van der Waals surface area contributed by atoms with E-state index < -0.39 is 11.9 Å². The number of ether oxygens (including phenoxy) is 2. The van der Waals surface area contributed by atoms with Gasteiger partial charge in [0.15, 0.2) is 0 Å². The summed E-state index contributed by atoms with van der Waals surface area (Å²) >= 11 is 0. The van der Waals surface area contributed by atoms with Gasteiger partial charge in [0.25, 0.3) is 0 Å². The predicted octanol–water partition coefficient (Wildman–Crippen LogP) is 0.835. The van der Waals surface area contributed by atoms with Crippen LogP contribution < -0.4 is 0 Å². The van der Waals surface area contributed by atoms with Crippen LogP contribution in [0.1, 0.15) is 6.92 Å². The summed E-state index contributed by atoms with van der Waals surface area (Å²) in [7, 11) is 0. The second-order valence-electron chi connectivity index (χ2n) is 2.00. The molecule has 0 saturated carbocycles. The molecule has 13 heavy (non-hydrogen) atoms. The second-order valence-corrected chi connectivity index (χ2v) is 2.00. The van der Waals surface area contributed by atoms with Crippen molar-refractivity contribution in [3.8, 4) is 0 Å². The van der Waals surface area contributed by atoms with Crippen molar-refractivity contribution in [2.75, 3.05) is 13.2 Å². The highest BCUT2D eigenvalue weighted by Gasteiger charge is 1.97. The third-order valence-corrected chi connectivity index (χ3v) is 0.986. The van der Waals surface area contributed by atoms with Gasteiger partial charge in [-0.15, -0.1) is 0 Å². The van der Waals surface area contributed by atoms with Gasteiger partial charge in [-0.25, -0.2) is 9.59 Å². The first-order valence-electron chi connectivity index (χ1n) is 3.83. The van der Waals surface area contributed by atoms with Crippen molar-refractivity contribution in [2.24, 2.45) is 0 Å². The van der Waals surface area contributed by atoms with Gasteiger partial charge < -0.3 is 9.47 Å². The summed E-state index contributed by atoms with van der Waals surface area (Å²) in [5.41, 5.74) is 0. The Morgan fingerprint density at radius 3 is 2.23 bits per heavy atom. The lowest BCUT2D eigenvalue weighted by molar-refractivity contribution is -0.139. The molecule has 0 aromatic carbocycles. The van der Waals surface area contributed by atoms with Gasteiger partial charge in [-0.1, -0.05) is 12.7 Å². The van der Waals surface area contributed by atoms with Gasteiger partial charge >= 0.3 is 11.9 Å². The first-order chi connectivity index (χ1) is 6.20. The molecular formula is C9H12O4. The highest BCUT2D eigenvalue weighted by atomic mass is 16.5. The summed E-state index contributed by atoms with van der Waals surface area (Å²) in [5, 5.41) is 0. The highest BCUT2D eigenvalue weighted by molar-refractivity contribution is 5.91. The number of carbonyl (C=O) groups is 2. The predicted molar refractivity (Wildman–Crippen MR) is 46.9 cm³/mol. The van der Waals surface area contributed by atoms with E-state index in [2.05, 4.69) is 16.1 Å². The Balaban J connectivity index is 3.75. The molecule has 0 amide bonds. The van der Waals surface area contributed by atoms with Crippen LogP contribution in [0.4, 0.5) is 0 Å². The fourth-order valence-corrected chi connectivity index (χ4v) is 0.516. The lowest BCUT2D eigenvalue weighted by atomic mass is 10.5. The molecule has 72 valence electrons. The van der Waals surface area contributed by atoms with Crippen LogP contribution in [0, 0.1) is 0 Å². The van der Waals surface area contributed by atoms with E-state index in [0.717, 1.165) is 12.2 Å². The molecule has 0 atom stereocenters. The molecule has 0 spiro atoms. The third-order valence-electron chi connectivity index (χ3n) is 0.986. The summed E-state index contributed by atoms with van der Waals surface area (Å²) in [6, 6.07) is 0. The molecule has 0 aliphatic heterocycles. The summed E-state index contributed by atoms with van der Waals surface area (Å²) in [5.74, 6) is -1.15. The van der Waals surface area contributed by atoms with Gasteiger partial charge in [0.05, 0.1) is 6.61 Å². The van der Waals surface area contributed by atoms with E-state index in [1.165, 1.54) is 6.08 Å². The Hall–Kier alpha value is -1.58. The first kappa shape index (κ1) is 11.4. The van der Waals surface area contributed by atoms with Crippen molar-refractivity contribution in [1.82, 2.24) is 0 Å². The monoisotopic (exact) mass is 184 g/mol. The SMILES string of the molecule is C=CCOC(=O)C=CC(=O)OCC. The molecule has 0 N–H and O–H groups in total. The summed E-state index contributed by atoms with van der Waals surface area (Å²) in [4.78, 5) is 21.4. The van der Waals surface area contributed by atoms with Crippen LogP contribution in [-0.2, 0) is 19.1 Å². The van der Waals surface area contributed by atoms with E-state index in [0.29, 0.717) is 0 Å². The van der Waals surface area contributed by atoms with E-state index >= 15 is 0 Å². The molecule has 0 heterocycles. The quantitative estimate of drug-likeness (QED) is 0.361. The van der Waals surface area contributed by atoms with Crippen LogP contribution in [-0.4, -0.2) is 25.2 Å². The number of hydrogen-bond acceptors (Lipinski definition) is 4. The van der Waals surface area contributed by atoms with Crippen molar-refractivity contribution < 1.29 is 19.1 Å². The van der Waals surface area contributed by atoms with Crippen molar-refractivity contribution in [3.63, 3.8) is 0 Å². The number of rotatable bonds is 5. The number of esters is 2.